The summed E-state index contributed by atoms with van der Waals surface area (Å²) in [6, 6.07) is 12.9. The van der Waals surface area contributed by atoms with Gasteiger partial charge in [0.2, 0.25) is 10.9 Å². The summed E-state index contributed by atoms with van der Waals surface area (Å²) in [4.78, 5) is 79.5. The smallest absolute Gasteiger partial charge is 0.404 e. The number of unbranched alkanes of at least 4 members (excludes halogenated alkanes) is 1. The lowest BCUT2D eigenvalue weighted by molar-refractivity contribution is -0.744. The van der Waals surface area contributed by atoms with Crippen molar-refractivity contribution < 1.29 is 70.0 Å². The van der Waals surface area contributed by atoms with Crippen LogP contribution in [0.2, 0.25) is 0 Å². The van der Waals surface area contributed by atoms with E-state index in [1.54, 1.807) is 6.07 Å². The molecule has 5 fully saturated rings. The fraction of sp³-hybridized carbons (Fsp3) is 0.500. The zero-order valence-corrected chi connectivity index (χ0v) is 34.0. The number of benzene rings is 2. The number of esters is 4. The largest absolute Gasteiger partial charge is 0.462 e. The molecule has 0 radical (unpaired) electrons. The van der Waals surface area contributed by atoms with Crippen LogP contribution >= 0.6 is 0 Å². The van der Waals surface area contributed by atoms with Crippen molar-refractivity contribution >= 4 is 39.5 Å². The summed E-state index contributed by atoms with van der Waals surface area (Å²) >= 11 is 0. The predicted octanol–water partition coefficient (Wildman–Crippen LogP) is 4.32. The summed E-state index contributed by atoms with van der Waals surface area (Å²) in [7, 11) is -4.24. The third kappa shape index (κ3) is 6.37. The Morgan fingerprint density at radius 1 is 0.933 bits per heavy atom. The number of fused-ring (bicyclic) bond motifs is 1. The van der Waals surface area contributed by atoms with Crippen molar-refractivity contribution in [1.82, 2.24) is 5.16 Å². The van der Waals surface area contributed by atoms with Crippen LogP contribution in [0.5, 0.6) is 5.88 Å². The van der Waals surface area contributed by atoms with Crippen LogP contribution in [0.25, 0.3) is 0 Å². The molecule has 0 unspecified atom stereocenters. The molecule has 2 aromatic carbocycles. The van der Waals surface area contributed by atoms with Gasteiger partial charge in [-0.25, -0.2) is 18.0 Å². The number of nitrogens with zero attached hydrogens (tertiary/aromatic N) is 1. The van der Waals surface area contributed by atoms with E-state index in [1.165, 1.54) is 55.5 Å². The van der Waals surface area contributed by atoms with Crippen molar-refractivity contribution in [3.8, 4) is 5.88 Å². The monoisotopic (exact) mass is 849 g/mol. The number of ketones is 1. The van der Waals surface area contributed by atoms with E-state index in [-0.39, 0.29) is 51.9 Å². The highest BCUT2D eigenvalue weighted by molar-refractivity contribution is 7.91. The Morgan fingerprint density at radius 2 is 1.62 bits per heavy atom. The fourth-order valence-electron chi connectivity index (χ4n) is 10.5. The highest BCUT2D eigenvalue weighted by Crippen LogP contribution is 2.71. The molecule has 5 aliphatic rings. The van der Waals surface area contributed by atoms with Gasteiger partial charge < -0.3 is 28.4 Å². The predicted molar refractivity (Wildman–Crippen MR) is 202 cm³/mol. The van der Waals surface area contributed by atoms with Gasteiger partial charge in [0.05, 0.1) is 35.8 Å². The number of carbonyl (C=O) groups excluding carboxylic acids is 5. The van der Waals surface area contributed by atoms with Crippen LogP contribution < -0.4 is 9.34 Å². The number of sulfone groups is 1. The van der Waals surface area contributed by atoms with E-state index < -0.39 is 97.0 Å². The minimum absolute atomic E-state index is 0.0226. The van der Waals surface area contributed by atoms with Crippen molar-refractivity contribution in [3.05, 3.63) is 82.8 Å². The number of H-pyrrole nitrogens is 1. The molecule has 8 rings (SSSR count). The Hall–Kier alpha value is -5.62. The van der Waals surface area contributed by atoms with Crippen LogP contribution in [0.15, 0.2) is 81.3 Å². The van der Waals surface area contributed by atoms with E-state index in [4.69, 9.17) is 28.4 Å². The number of aromatic nitrogens is 2. The first-order chi connectivity index (χ1) is 28.5. The number of ether oxygens (including phenoxy) is 6. The van der Waals surface area contributed by atoms with Crippen LogP contribution in [0, 0.1) is 38.9 Å². The summed E-state index contributed by atoms with van der Waals surface area (Å²) in [6.45, 7) is 9.52. The molecule has 1 N–H and O–H groups in total. The summed E-state index contributed by atoms with van der Waals surface area (Å²) in [6.07, 6.45) is 0.00443. The second-order valence-corrected chi connectivity index (χ2v) is 18.6. The Balaban J connectivity index is 0.909. The quantitative estimate of drug-likeness (QED) is 0.0881. The Bertz CT molecular complexity index is 2420. The molecule has 1 aromatic heterocycles. The molecule has 2 aliphatic heterocycles. The van der Waals surface area contributed by atoms with Crippen molar-refractivity contribution in [1.29, 1.82) is 0 Å². The Morgan fingerprint density at radius 3 is 2.32 bits per heavy atom. The first-order valence-electron chi connectivity index (χ1n) is 19.8. The average Bonchev–Trinajstić information content (AvgIpc) is 3.83. The lowest BCUT2D eigenvalue weighted by Gasteiger charge is -2.62. The molecule has 3 aromatic rings. The van der Waals surface area contributed by atoms with Crippen LogP contribution in [0.1, 0.15) is 80.0 Å². The molecule has 3 heterocycles. The van der Waals surface area contributed by atoms with Gasteiger partial charge in [0, 0.05) is 24.2 Å². The lowest BCUT2D eigenvalue weighted by Crippen LogP contribution is -2.71. The number of hydrogen-bond donors (Lipinski definition) is 1. The second kappa shape index (κ2) is 15.1. The van der Waals surface area contributed by atoms with Crippen molar-refractivity contribution in [2.45, 2.75) is 87.7 Å². The molecule has 3 aliphatic carbocycles. The molecule has 17 nitrogen and oxygen atoms in total. The lowest BCUT2D eigenvalue weighted by atomic mass is 9.43. The highest BCUT2D eigenvalue weighted by Gasteiger charge is 2.81. The number of Topliss-reactive ketones (excluding diaryl/α,β-unsaturated/α-hetero) is 1. The molecule has 8 atom stereocenters. The number of carbonyl (C=O) groups is 5. The van der Waals surface area contributed by atoms with Gasteiger partial charge in [-0.3, -0.25) is 14.4 Å². The average molecular weight is 850 g/mol. The van der Waals surface area contributed by atoms with Crippen molar-refractivity contribution in [3.63, 3.8) is 0 Å². The van der Waals surface area contributed by atoms with Crippen LogP contribution in [-0.4, -0.2) is 81.6 Å². The van der Waals surface area contributed by atoms with Gasteiger partial charge in [-0.15, -0.1) is 0 Å². The van der Waals surface area contributed by atoms with Gasteiger partial charge in [-0.05, 0) is 102 Å². The van der Waals surface area contributed by atoms with Crippen LogP contribution in [0.3, 0.4) is 0 Å². The molecule has 60 heavy (non-hydrogen) atoms. The minimum Gasteiger partial charge on any atom is -0.462 e. The van der Waals surface area contributed by atoms with Gasteiger partial charge >= 0.3 is 34.8 Å². The van der Waals surface area contributed by atoms with Crippen molar-refractivity contribution in [2.24, 2.45) is 34.0 Å². The van der Waals surface area contributed by atoms with Gasteiger partial charge in [0.15, 0.2) is 11.2 Å². The topological polar surface area (TPSA) is 227 Å². The maximum atomic E-state index is 14.4. The first kappa shape index (κ1) is 41.1. The zero-order valence-electron chi connectivity index (χ0n) is 33.2. The normalized spacial score (nSPS) is 30.0. The van der Waals surface area contributed by atoms with E-state index in [0.717, 1.165) is 0 Å². The summed E-state index contributed by atoms with van der Waals surface area (Å²) in [5.41, 5.74) is -2.76. The third-order valence-corrected chi connectivity index (χ3v) is 14.8. The van der Waals surface area contributed by atoms with E-state index >= 15 is 0 Å². The standard InChI is InChI=1S/C42H45N2O15S/c1-23-28-16-17-29-41-22-55-38(56-24(2)45)31(41)40(3,4)19-18-30(41)57-39(49)42(29,32(23)46)33(28)58-37(48)26-14-12-25(13-15-26)36(47)54-21-9-8-20-53-34-35(44(50)59-43-34)60(51,52)27-10-6-5-7-11-27/h5-7,10-15,28-31,33,38,43H,1,8-9,16-22H2,2-4H3/q+1/t28-,29-,30-,31+,33+,38-,41+,42-/m0/s1. The maximum Gasteiger partial charge on any atom is 0.404 e. The van der Waals surface area contributed by atoms with Crippen molar-refractivity contribution in [2.75, 3.05) is 19.8 Å². The summed E-state index contributed by atoms with van der Waals surface area (Å²) < 4.78 is 65.4. The number of hydrogen-bond acceptors (Lipinski definition) is 15. The summed E-state index contributed by atoms with van der Waals surface area (Å²) in [5, 5.41) is 1.44. The summed E-state index contributed by atoms with van der Waals surface area (Å²) in [5.74, 6) is -5.30. The van der Waals surface area contributed by atoms with E-state index in [0.29, 0.717) is 38.5 Å². The van der Waals surface area contributed by atoms with E-state index in [9.17, 15) is 37.3 Å². The fourth-order valence-corrected chi connectivity index (χ4v) is 11.9. The number of rotatable bonds is 12. The van der Waals surface area contributed by atoms with E-state index in [1.807, 2.05) is 0 Å². The van der Waals surface area contributed by atoms with Gasteiger partial charge in [-0.2, -0.15) is 0 Å². The third-order valence-electron chi connectivity index (χ3n) is 13.1. The van der Waals surface area contributed by atoms with Gasteiger partial charge in [0.25, 0.3) is 9.84 Å². The molecule has 2 spiro atoms. The number of nitrogens with one attached hydrogen (secondary N) is 1. The zero-order chi connectivity index (χ0) is 42.8. The number of aromatic amines is 1. The molecular formula is C42H45N2O15S+. The molecule has 3 saturated carbocycles. The molecule has 0 amide bonds. The first-order valence-corrected chi connectivity index (χ1v) is 21.3. The maximum absolute atomic E-state index is 14.4. The molecule has 18 heteroatoms. The molecule has 2 bridgehead atoms. The van der Waals surface area contributed by atoms with Crippen LogP contribution in [-0.2, 0) is 47.9 Å². The Kier molecular flexibility index (Phi) is 10.4. The molecule has 2 saturated heterocycles. The minimum atomic E-state index is -4.24. The SMILES string of the molecule is C=C1C(=O)[C@@]23C(=O)O[C@H]4CCC(C)(C)[C@H]5[C@H](OC(C)=O)OC[C@@]45[C@@H]2CC[C@@H]1[C@H]3OC(=O)c1ccc(C(=O)OCCCCOc2[nH]o[n+](=O)c2S(=O)(=O)c2ccccc2)cc1. The van der Waals surface area contributed by atoms with E-state index in [2.05, 4.69) is 30.2 Å². The molecular weight excluding hydrogens is 805 g/mol. The second-order valence-electron chi connectivity index (χ2n) is 16.8. The van der Waals surface area contributed by atoms with Crippen LogP contribution in [0.4, 0.5) is 0 Å². The molecule has 318 valence electrons. The van der Waals surface area contributed by atoms with Gasteiger partial charge in [0.1, 0.15) is 12.2 Å². The Labute approximate surface area is 344 Å². The highest BCUT2D eigenvalue weighted by atomic mass is 32.2. The van der Waals surface area contributed by atoms with Gasteiger partial charge in [-0.1, -0.05) is 43.3 Å².